The van der Waals surface area contributed by atoms with E-state index in [0.29, 0.717) is 6.54 Å². The van der Waals surface area contributed by atoms with Gasteiger partial charge < -0.3 is 5.11 Å². The molecule has 2 unspecified atom stereocenters. The molecule has 21 heavy (non-hydrogen) atoms. The normalized spacial score (nSPS) is 21.0. The minimum absolute atomic E-state index is 0.181. The lowest BCUT2D eigenvalue weighted by Crippen LogP contribution is -2.56. The molecular formula is C15H18N2O4. The van der Waals surface area contributed by atoms with Gasteiger partial charge in [-0.1, -0.05) is 24.3 Å². The minimum Gasteiger partial charge on any atom is -0.481 e. The molecule has 2 N–H and O–H groups in total. The van der Waals surface area contributed by atoms with Crippen molar-refractivity contribution in [2.24, 2.45) is 0 Å². The number of hydrogen-bond donors (Lipinski definition) is 2. The molecule has 1 aliphatic rings. The Balaban J connectivity index is 2.08. The summed E-state index contributed by atoms with van der Waals surface area (Å²) in [4.78, 5) is 35.7. The highest BCUT2D eigenvalue weighted by atomic mass is 16.4. The molecule has 1 aromatic rings. The maximum Gasteiger partial charge on any atom is 0.310 e. The summed E-state index contributed by atoms with van der Waals surface area (Å²) in [5, 5.41) is 11.3. The number of benzene rings is 1. The summed E-state index contributed by atoms with van der Waals surface area (Å²) in [5.74, 6) is -2.01. The van der Waals surface area contributed by atoms with Crippen molar-refractivity contribution in [1.82, 2.24) is 10.2 Å². The van der Waals surface area contributed by atoms with Crippen molar-refractivity contribution in [3.8, 4) is 0 Å². The first kappa shape index (κ1) is 15.2. The van der Waals surface area contributed by atoms with Crippen LogP contribution in [0.1, 0.15) is 30.9 Å². The minimum atomic E-state index is -0.866. The fraction of sp³-hybridized carbons (Fsp3) is 0.400. The summed E-state index contributed by atoms with van der Waals surface area (Å²) in [5.41, 5.74) is 1.66. The molecule has 0 aromatic heterocycles. The first-order valence-corrected chi connectivity index (χ1v) is 6.78. The van der Waals surface area contributed by atoms with Gasteiger partial charge in [-0.3, -0.25) is 24.6 Å². The topological polar surface area (TPSA) is 86.7 Å². The van der Waals surface area contributed by atoms with Crippen molar-refractivity contribution in [2.45, 2.75) is 32.4 Å². The Morgan fingerprint density at radius 1 is 1.38 bits per heavy atom. The standard InChI is InChI=1S/C15H18N2O4/c1-9(15(20)21)12-5-3-11(4-6-12)7-17-8-13(18)16-14(19)10(17)2/h3-6,9-10H,7-8H2,1-2H3,(H,20,21)(H,16,18,19). The van der Waals surface area contributed by atoms with Crippen LogP contribution >= 0.6 is 0 Å². The molecule has 112 valence electrons. The largest absolute Gasteiger partial charge is 0.481 e. The lowest BCUT2D eigenvalue weighted by atomic mass is 10.00. The summed E-state index contributed by atoms with van der Waals surface area (Å²) >= 11 is 0. The Morgan fingerprint density at radius 3 is 2.57 bits per heavy atom. The van der Waals surface area contributed by atoms with E-state index in [-0.39, 0.29) is 24.4 Å². The number of carbonyl (C=O) groups excluding carboxylic acids is 2. The highest BCUT2D eigenvalue weighted by Crippen LogP contribution is 2.18. The molecule has 2 rings (SSSR count). The third-order valence-corrected chi connectivity index (χ3v) is 3.77. The van der Waals surface area contributed by atoms with Gasteiger partial charge in [-0.2, -0.15) is 0 Å². The number of nitrogens with zero attached hydrogens (tertiary/aromatic N) is 1. The maximum absolute atomic E-state index is 11.6. The number of imide groups is 1. The summed E-state index contributed by atoms with van der Waals surface area (Å²) < 4.78 is 0. The van der Waals surface area contributed by atoms with Gasteiger partial charge in [0.1, 0.15) is 0 Å². The van der Waals surface area contributed by atoms with Crippen LogP contribution < -0.4 is 5.32 Å². The van der Waals surface area contributed by atoms with Crippen LogP contribution in [0.2, 0.25) is 0 Å². The molecule has 0 radical (unpaired) electrons. The highest BCUT2D eigenvalue weighted by molar-refractivity contribution is 6.00. The third-order valence-electron chi connectivity index (χ3n) is 3.77. The van der Waals surface area contributed by atoms with Crippen molar-refractivity contribution in [3.05, 3.63) is 35.4 Å². The third kappa shape index (κ3) is 3.46. The van der Waals surface area contributed by atoms with Crippen molar-refractivity contribution >= 4 is 17.8 Å². The fourth-order valence-corrected chi connectivity index (χ4v) is 2.25. The molecule has 1 saturated heterocycles. The Hall–Kier alpha value is -2.21. The van der Waals surface area contributed by atoms with Crippen molar-refractivity contribution in [3.63, 3.8) is 0 Å². The lowest BCUT2D eigenvalue weighted by molar-refractivity contribution is -0.140. The van der Waals surface area contributed by atoms with Crippen LogP contribution in [0.3, 0.4) is 0 Å². The van der Waals surface area contributed by atoms with Gasteiger partial charge in [0.25, 0.3) is 0 Å². The molecule has 0 spiro atoms. The van der Waals surface area contributed by atoms with Crippen molar-refractivity contribution in [1.29, 1.82) is 0 Å². The van der Waals surface area contributed by atoms with Crippen LogP contribution in [0.4, 0.5) is 0 Å². The molecule has 0 aliphatic carbocycles. The second-order valence-electron chi connectivity index (χ2n) is 5.29. The summed E-state index contributed by atoms with van der Waals surface area (Å²) in [6.07, 6.45) is 0. The molecular weight excluding hydrogens is 272 g/mol. The Morgan fingerprint density at radius 2 is 2.00 bits per heavy atom. The number of aliphatic carboxylic acids is 1. The number of nitrogens with one attached hydrogen (secondary N) is 1. The molecule has 1 fully saturated rings. The quantitative estimate of drug-likeness (QED) is 0.798. The molecule has 0 bridgehead atoms. The summed E-state index contributed by atoms with van der Waals surface area (Å²) in [6.45, 7) is 4.04. The summed E-state index contributed by atoms with van der Waals surface area (Å²) in [6, 6.07) is 6.84. The van der Waals surface area contributed by atoms with Crippen molar-refractivity contribution in [2.75, 3.05) is 6.54 Å². The Kier molecular flexibility index (Phi) is 4.37. The molecule has 1 heterocycles. The molecule has 2 atom stereocenters. The fourth-order valence-electron chi connectivity index (χ4n) is 2.25. The number of amides is 2. The summed E-state index contributed by atoms with van der Waals surface area (Å²) in [7, 11) is 0. The average Bonchev–Trinajstić information content (AvgIpc) is 2.44. The number of carboxylic acid groups (broad SMARTS) is 1. The van der Waals surface area contributed by atoms with E-state index in [0.717, 1.165) is 11.1 Å². The molecule has 0 saturated carbocycles. The molecule has 2 amide bonds. The lowest BCUT2D eigenvalue weighted by Gasteiger charge is -2.31. The Bertz CT molecular complexity index is 568. The monoisotopic (exact) mass is 290 g/mol. The van der Waals surface area contributed by atoms with E-state index in [9.17, 15) is 14.4 Å². The van der Waals surface area contributed by atoms with Gasteiger partial charge >= 0.3 is 5.97 Å². The maximum atomic E-state index is 11.6. The first-order valence-electron chi connectivity index (χ1n) is 6.78. The predicted octanol–water partition coefficient (Wildman–Crippen LogP) is 0.722. The number of carboxylic acids is 1. The zero-order chi connectivity index (χ0) is 15.6. The van der Waals surface area contributed by atoms with E-state index >= 15 is 0 Å². The van der Waals surface area contributed by atoms with E-state index < -0.39 is 11.9 Å². The second kappa shape index (κ2) is 6.05. The number of piperazine rings is 1. The van der Waals surface area contributed by atoms with Crippen LogP contribution in [-0.2, 0) is 20.9 Å². The van der Waals surface area contributed by atoms with E-state index in [1.165, 1.54) is 0 Å². The van der Waals surface area contributed by atoms with Gasteiger partial charge in [0.2, 0.25) is 11.8 Å². The van der Waals surface area contributed by atoms with Crippen LogP contribution in [0, 0.1) is 0 Å². The zero-order valence-electron chi connectivity index (χ0n) is 12.0. The van der Waals surface area contributed by atoms with E-state index in [1.54, 1.807) is 30.9 Å². The average molecular weight is 290 g/mol. The number of hydrogen-bond acceptors (Lipinski definition) is 4. The van der Waals surface area contributed by atoms with E-state index in [1.807, 2.05) is 12.1 Å². The van der Waals surface area contributed by atoms with Gasteiger partial charge in [0, 0.05) is 6.54 Å². The van der Waals surface area contributed by atoms with E-state index in [2.05, 4.69) is 5.32 Å². The van der Waals surface area contributed by atoms with Gasteiger partial charge in [-0.15, -0.1) is 0 Å². The van der Waals surface area contributed by atoms with E-state index in [4.69, 9.17) is 5.11 Å². The van der Waals surface area contributed by atoms with Crippen LogP contribution in [-0.4, -0.2) is 40.4 Å². The number of carbonyl (C=O) groups is 3. The molecule has 1 aromatic carbocycles. The van der Waals surface area contributed by atoms with Gasteiger partial charge in [-0.25, -0.2) is 0 Å². The highest BCUT2D eigenvalue weighted by Gasteiger charge is 2.29. The van der Waals surface area contributed by atoms with Gasteiger partial charge in [0.15, 0.2) is 0 Å². The second-order valence-corrected chi connectivity index (χ2v) is 5.29. The molecule has 1 aliphatic heterocycles. The zero-order valence-corrected chi connectivity index (χ0v) is 12.0. The molecule has 6 heteroatoms. The smallest absolute Gasteiger partial charge is 0.310 e. The van der Waals surface area contributed by atoms with Crippen LogP contribution in [0.25, 0.3) is 0 Å². The van der Waals surface area contributed by atoms with Crippen LogP contribution in [0.5, 0.6) is 0 Å². The Labute approximate surface area is 122 Å². The van der Waals surface area contributed by atoms with Crippen molar-refractivity contribution < 1.29 is 19.5 Å². The predicted molar refractivity (Wildman–Crippen MR) is 75.5 cm³/mol. The molecule has 6 nitrogen and oxygen atoms in total. The number of rotatable bonds is 4. The van der Waals surface area contributed by atoms with Gasteiger partial charge in [0.05, 0.1) is 18.5 Å². The SMILES string of the molecule is CC(C(=O)O)c1ccc(CN2CC(=O)NC(=O)C2C)cc1. The van der Waals surface area contributed by atoms with Gasteiger partial charge in [-0.05, 0) is 25.0 Å². The van der Waals surface area contributed by atoms with Crippen LogP contribution in [0.15, 0.2) is 24.3 Å². The first-order chi connectivity index (χ1) is 9.88.